The number of nitrogens with zero attached hydrogens (tertiary/aromatic N) is 5. The Hall–Kier alpha value is -2.68. The zero-order chi connectivity index (χ0) is 20.3. The summed E-state index contributed by atoms with van der Waals surface area (Å²) in [5, 5.41) is 0. The lowest BCUT2D eigenvalue weighted by molar-refractivity contribution is -0.119. The second kappa shape index (κ2) is 6.44. The highest BCUT2D eigenvalue weighted by Gasteiger charge is 2.26. The average Bonchev–Trinajstić information content (AvgIpc) is 3.34. The third kappa shape index (κ3) is 2.49. The van der Waals surface area contributed by atoms with Crippen LogP contribution in [0.1, 0.15) is 44.1 Å². The van der Waals surface area contributed by atoms with Gasteiger partial charge in [-0.25, -0.2) is 9.36 Å². The maximum Gasteiger partial charge on any atom is 0.333 e. The molecule has 1 aliphatic rings. The minimum absolute atomic E-state index is 0.118. The molecule has 0 N–H and O–H groups in total. The number of hydrogen-bond donors (Lipinski definition) is 0. The van der Waals surface area contributed by atoms with Crippen molar-refractivity contribution in [2.24, 2.45) is 7.05 Å². The normalized spacial score (nSPS) is 18.4. The Morgan fingerprint density at radius 3 is 2.61 bits per heavy atom. The molecule has 0 amide bonds. The summed E-state index contributed by atoms with van der Waals surface area (Å²) in [6, 6.07) is -0.837. The fourth-order valence-corrected chi connectivity index (χ4v) is 4.02. The molecule has 0 unspecified atom stereocenters. The molecule has 0 aliphatic carbocycles. The number of aryl methyl sites for hydroxylation is 2. The minimum atomic E-state index is -0.837. The maximum atomic E-state index is 13.2. The van der Waals surface area contributed by atoms with Crippen LogP contribution in [0.3, 0.4) is 0 Å². The van der Waals surface area contributed by atoms with Gasteiger partial charge in [-0.05, 0) is 40.5 Å². The molecule has 9 heteroatoms. The molecule has 1 saturated heterocycles. The Morgan fingerprint density at radius 1 is 1.29 bits per heavy atom. The van der Waals surface area contributed by atoms with Crippen LogP contribution in [0.15, 0.2) is 9.59 Å². The fourth-order valence-electron chi connectivity index (χ4n) is 4.02. The quantitative estimate of drug-likeness (QED) is 0.668. The van der Waals surface area contributed by atoms with Gasteiger partial charge in [-0.2, -0.15) is 4.98 Å². The molecule has 3 aromatic heterocycles. The van der Waals surface area contributed by atoms with E-state index >= 15 is 0 Å². The number of fused-ring (bicyclic) bond motifs is 3. The van der Waals surface area contributed by atoms with E-state index in [9.17, 15) is 14.4 Å². The monoisotopic (exact) mass is 387 g/mol. The SMILES string of the molecule is CC(=O)[C@@H](C)n1c(=O)c2c(nc3n(C[C@H]4CCCO4)c(C)c(C)n23)n(C)c1=O. The van der Waals surface area contributed by atoms with Gasteiger partial charge in [0.05, 0.1) is 18.7 Å². The van der Waals surface area contributed by atoms with E-state index in [1.54, 1.807) is 18.4 Å². The molecule has 4 rings (SSSR count). The zero-order valence-corrected chi connectivity index (χ0v) is 16.9. The Morgan fingerprint density at radius 2 is 2.00 bits per heavy atom. The summed E-state index contributed by atoms with van der Waals surface area (Å²) in [4.78, 5) is 42.5. The number of ether oxygens (including phenoxy) is 1. The summed E-state index contributed by atoms with van der Waals surface area (Å²) in [6.45, 7) is 8.27. The number of imidazole rings is 2. The molecule has 0 aromatic carbocycles. The van der Waals surface area contributed by atoms with Gasteiger partial charge < -0.3 is 9.30 Å². The average molecular weight is 387 g/mol. The lowest BCUT2D eigenvalue weighted by Crippen LogP contribution is -2.42. The van der Waals surface area contributed by atoms with E-state index in [-0.39, 0.29) is 11.9 Å². The first-order valence-electron chi connectivity index (χ1n) is 9.55. The smallest absolute Gasteiger partial charge is 0.333 e. The summed E-state index contributed by atoms with van der Waals surface area (Å²) < 4.78 is 12.0. The van der Waals surface area contributed by atoms with E-state index in [2.05, 4.69) is 4.98 Å². The molecule has 0 radical (unpaired) electrons. The van der Waals surface area contributed by atoms with Crippen LogP contribution in [0.4, 0.5) is 0 Å². The van der Waals surface area contributed by atoms with Gasteiger partial charge in [0.2, 0.25) is 5.78 Å². The molecule has 3 aromatic rings. The standard InChI is InChI=1S/C19H25N5O4/c1-10-11(2)23-15-16(20-18(23)22(10)9-14-7-6-8-28-14)21(5)19(27)24(17(15)26)12(3)13(4)25/h12,14H,6-9H2,1-5H3/t12-,14-/m1/s1. The maximum absolute atomic E-state index is 13.2. The molecule has 4 heterocycles. The van der Waals surface area contributed by atoms with Crippen LogP contribution in [-0.4, -0.2) is 41.6 Å². The number of ketones is 1. The van der Waals surface area contributed by atoms with Crippen molar-refractivity contribution in [2.75, 3.05) is 6.61 Å². The molecule has 2 atom stereocenters. The Labute approximate surface area is 161 Å². The van der Waals surface area contributed by atoms with Crippen molar-refractivity contribution in [2.45, 2.75) is 59.2 Å². The van der Waals surface area contributed by atoms with Gasteiger partial charge in [0, 0.05) is 25.0 Å². The van der Waals surface area contributed by atoms with Crippen LogP contribution in [0.5, 0.6) is 0 Å². The molecule has 28 heavy (non-hydrogen) atoms. The van der Waals surface area contributed by atoms with Crippen molar-refractivity contribution in [3.8, 4) is 0 Å². The second-order valence-electron chi connectivity index (χ2n) is 7.64. The van der Waals surface area contributed by atoms with Crippen LogP contribution in [-0.2, 0) is 23.1 Å². The number of carbonyl (C=O) groups is 1. The number of Topliss-reactive ketones (excluding diaryl/α,β-unsaturated/α-hetero) is 1. The Kier molecular flexibility index (Phi) is 4.29. The molecule has 0 spiro atoms. The lowest BCUT2D eigenvalue weighted by Gasteiger charge is -2.13. The zero-order valence-electron chi connectivity index (χ0n) is 16.9. The highest BCUT2D eigenvalue weighted by Crippen LogP contribution is 2.23. The van der Waals surface area contributed by atoms with Gasteiger partial charge in [-0.1, -0.05) is 0 Å². The highest BCUT2D eigenvalue weighted by atomic mass is 16.5. The predicted molar refractivity (Wildman–Crippen MR) is 104 cm³/mol. The summed E-state index contributed by atoms with van der Waals surface area (Å²) >= 11 is 0. The van der Waals surface area contributed by atoms with Crippen LogP contribution < -0.4 is 11.2 Å². The van der Waals surface area contributed by atoms with Crippen molar-refractivity contribution < 1.29 is 9.53 Å². The predicted octanol–water partition coefficient (Wildman–Crippen LogP) is 1.10. The molecule has 150 valence electrons. The molecule has 1 fully saturated rings. The van der Waals surface area contributed by atoms with E-state index in [0.717, 1.165) is 35.4 Å². The highest BCUT2D eigenvalue weighted by molar-refractivity contribution is 5.81. The van der Waals surface area contributed by atoms with Gasteiger partial charge in [0.25, 0.3) is 5.56 Å². The van der Waals surface area contributed by atoms with E-state index < -0.39 is 17.3 Å². The van der Waals surface area contributed by atoms with Crippen molar-refractivity contribution >= 4 is 22.7 Å². The van der Waals surface area contributed by atoms with Gasteiger partial charge in [0.1, 0.15) is 0 Å². The summed E-state index contributed by atoms with van der Waals surface area (Å²) in [5.41, 5.74) is 1.48. The van der Waals surface area contributed by atoms with Crippen LogP contribution in [0.25, 0.3) is 16.9 Å². The Balaban J connectivity index is 2.06. The number of hydrogen-bond acceptors (Lipinski definition) is 5. The Bertz CT molecular complexity index is 1220. The third-order valence-electron chi connectivity index (χ3n) is 5.96. The summed E-state index contributed by atoms with van der Waals surface area (Å²) in [7, 11) is 1.58. The van der Waals surface area contributed by atoms with Crippen LogP contribution >= 0.6 is 0 Å². The first-order chi connectivity index (χ1) is 13.2. The molecular formula is C19H25N5O4. The van der Waals surface area contributed by atoms with Gasteiger partial charge in [0.15, 0.2) is 16.9 Å². The van der Waals surface area contributed by atoms with Crippen molar-refractivity contribution in [3.05, 3.63) is 32.2 Å². The van der Waals surface area contributed by atoms with Crippen molar-refractivity contribution in [1.82, 2.24) is 23.1 Å². The van der Waals surface area contributed by atoms with E-state index in [1.165, 1.54) is 11.5 Å². The molecule has 1 aliphatic heterocycles. The van der Waals surface area contributed by atoms with E-state index in [0.29, 0.717) is 23.5 Å². The van der Waals surface area contributed by atoms with Gasteiger partial charge in [-0.3, -0.25) is 18.6 Å². The first-order valence-corrected chi connectivity index (χ1v) is 9.55. The van der Waals surface area contributed by atoms with E-state index in [4.69, 9.17) is 4.74 Å². The van der Waals surface area contributed by atoms with Crippen LogP contribution in [0, 0.1) is 13.8 Å². The second-order valence-corrected chi connectivity index (χ2v) is 7.64. The van der Waals surface area contributed by atoms with Crippen molar-refractivity contribution in [3.63, 3.8) is 0 Å². The minimum Gasteiger partial charge on any atom is -0.376 e. The lowest BCUT2D eigenvalue weighted by atomic mass is 10.2. The summed E-state index contributed by atoms with van der Waals surface area (Å²) in [5.74, 6) is 0.365. The molecule has 0 saturated carbocycles. The van der Waals surface area contributed by atoms with Gasteiger partial charge >= 0.3 is 5.69 Å². The van der Waals surface area contributed by atoms with Crippen LogP contribution in [0.2, 0.25) is 0 Å². The van der Waals surface area contributed by atoms with Gasteiger partial charge in [-0.15, -0.1) is 0 Å². The number of carbonyl (C=O) groups excluding carboxylic acids is 1. The third-order valence-corrected chi connectivity index (χ3v) is 5.96. The fraction of sp³-hybridized carbons (Fsp3) is 0.579. The summed E-state index contributed by atoms with van der Waals surface area (Å²) in [6.07, 6.45) is 2.15. The first kappa shape index (κ1) is 18.7. The largest absolute Gasteiger partial charge is 0.376 e. The molecule has 0 bridgehead atoms. The topological polar surface area (TPSA) is 92.5 Å². The number of rotatable bonds is 4. The molecular weight excluding hydrogens is 362 g/mol. The number of aromatic nitrogens is 5. The molecule has 9 nitrogen and oxygen atoms in total. The van der Waals surface area contributed by atoms with E-state index in [1.807, 2.05) is 18.4 Å². The van der Waals surface area contributed by atoms with Crippen molar-refractivity contribution in [1.29, 1.82) is 0 Å².